The fraction of sp³-hybridized carbons (Fsp3) is 0.733. The van der Waals surface area contributed by atoms with Crippen LogP contribution in [-0.4, -0.2) is 22.6 Å². The Morgan fingerprint density at radius 2 is 1.85 bits per heavy atom. The summed E-state index contributed by atoms with van der Waals surface area (Å²) in [5.41, 5.74) is 3.78. The molecule has 5 heteroatoms. The Labute approximate surface area is 120 Å². The van der Waals surface area contributed by atoms with Crippen molar-refractivity contribution in [2.45, 2.75) is 58.4 Å². The van der Waals surface area contributed by atoms with Crippen LogP contribution in [0.15, 0.2) is 0 Å². The van der Waals surface area contributed by atoms with Gasteiger partial charge in [0.15, 0.2) is 0 Å². The summed E-state index contributed by atoms with van der Waals surface area (Å²) in [5.74, 6) is 9.07. The van der Waals surface area contributed by atoms with Crippen LogP contribution in [-0.2, 0) is 0 Å². The van der Waals surface area contributed by atoms with Crippen LogP contribution in [0.5, 0.6) is 0 Å². The van der Waals surface area contributed by atoms with Crippen LogP contribution in [0.4, 0.5) is 11.6 Å². The lowest BCUT2D eigenvalue weighted by atomic mass is 9.78. The van der Waals surface area contributed by atoms with Crippen molar-refractivity contribution in [3.63, 3.8) is 0 Å². The maximum absolute atomic E-state index is 5.59. The predicted molar refractivity (Wildman–Crippen MR) is 81.6 cm³/mol. The van der Waals surface area contributed by atoms with E-state index in [9.17, 15) is 0 Å². The molecule has 5 nitrogen and oxygen atoms in total. The fourth-order valence-electron chi connectivity index (χ4n) is 3.92. The summed E-state index contributed by atoms with van der Waals surface area (Å²) in [5, 5.41) is 0. The number of rotatable bonds is 2. The third kappa shape index (κ3) is 2.35. The Morgan fingerprint density at radius 1 is 1.10 bits per heavy atom. The van der Waals surface area contributed by atoms with Crippen LogP contribution in [0, 0.1) is 19.8 Å². The Kier molecular flexibility index (Phi) is 3.78. The van der Waals surface area contributed by atoms with Crippen molar-refractivity contribution >= 4 is 11.6 Å². The number of fused-ring (bicyclic) bond motifs is 1. The molecule has 1 aromatic rings. The van der Waals surface area contributed by atoms with E-state index in [1.54, 1.807) is 0 Å². The molecule has 2 atom stereocenters. The molecule has 0 amide bonds. The highest BCUT2D eigenvalue weighted by Crippen LogP contribution is 2.38. The van der Waals surface area contributed by atoms with Crippen molar-refractivity contribution in [3.05, 3.63) is 11.4 Å². The smallest absolute Gasteiger partial charge is 0.148 e. The highest BCUT2D eigenvalue weighted by Gasteiger charge is 2.34. The van der Waals surface area contributed by atoms with Gasteiger partial charge in [-0.2, -0.15) is 0 Å². The number of nitrogens with one attached hydrogen (secondary N) is 1. The van der Waals surface area contributed by atoms with Gasteiger partial charge in [0.25, 0.3) is 0 Å². The summed E-state index contributed by atoms with van der Waals surface area (Å²) in [6.07, 6.45) is 8.08. The van der Waals surface area contributed by atoms with E-state index < -0.39 is 0 Å². The van der Waals surface area contributed by atoms with Crippen molar-refractivity contribution in [1.29, 1.82) is 0 Å². The average molecular weight is 275 g/mol. The summed E-state index contributed by atoms with van der Waals surface area (Å²) in [6, 6.07) is 0.663. The Hall–Kier alpha value is -1.36. The van der Waals surface area contributed by atoms with Gasteiger partial charge in [-0.15, -0.1) is 0 Å². The van der Waals surface area contributed by atoms with Crippen LogP contribution in [0.25, 0.3) is 0 Å². The average Bonchev–Trinajstić information content (AvgIpc) is 2.48. The molecule has 3 N–H and O–H groups in total. The lowest BCUT2D eigenvalue weighted by Crippen LogP contribution is -2.47. The van der Waals surface area contributed by atoms with Gasteiger partial charge in [-0.1, -0.05) is 12.8 Å². The number of nitrogen functional groups attached to an aromatic ring is 1. The molecule has 2 fully saturated rings. The molecule has 110 valence electrons. The van der Waals surface area contributed by atoms with E-state index in [4.69, 9.17) is 10.8 Å². The Bertz CT molecular complexity index is 485. The van der Waals surface area contributed by atoms with Crippen molar-refractivity contribution in [1.82, 2.24) is 9.97 Å². The molecule has 2 aliphatic rings. The number of hydrazine groups is 1. The summed E-state index contributed by atoms with van der Waals surface area (Å²) in [6.45, 7) is 5.12. The molecule has 0 radical (unpaired) electrons. The van der Waals surface area contributed by atoms with Gasteiger partial charge < -0.3 is 10.3 Å². The summed E-state index contributed by atoms with van der Waals surface area (Å²) >= 11 is 0. The maximum atomic E-state index is 5.59. The molecule has 1 aliphatic heterocycles. The molecule has 0 spiro atoms. The van der Waals surface area contributed by atoms with E-state index in [1.165, 1.54) is 38.5 Å². The van der Waals surface area contributed by atoms with Gasteiger partial charge in [-0.05, 0) is 45.4 Å². The van der Waals surface area contributed by atoms with Gasteiger partial charge >= 0.3 is 0 Å². The molecule has 1 aromatic heterocycles. The van der Waals surface area contributed by atoms with Gasteiger partial charge in [-0.3, -0.25) is 0 Å². The molecule has 3 rings (SSSR count). The first-order valence-electron chi connectivity index (χ1n) is 7.79. The summed E-state index contributed by atoms with van der Waals surface area (Å²) in [7, 11) is 0. The minimum absolute atomic E-state index is 0.663. The highest BCUT2D eigenvalue weighted by molar-refractivity contribution is 5.59. The van der Waals surface area contributed by atoms with Gasteiger partial charge in [0.05, 0.1) is 0 Å². The standard InChI is InChI=1S/C15H25N5/c1-10-14(19-16)17-11(2)18-15(10)20-9-5-7-12-6-3-4-8-13(12)20/h12-13H,3-9,16H2,1-2H3,(H,17,18,19). The third-order valence-corrected chi connectivity index (χ3v) is 4.88. The van der Waals surface area contributed by atoms with Crippen LogP contribution in [0.1, 0.15) is 49.9 Å². The highest BCUT2D eigenvalue weighted by atomic mass is 15.3. The van der Waals surface area contributed by atoms with Crippen molar-refractivity contribution in [3.8, 4) is 0 Å². The van der Waals surface area contributed by atoms with Crippen molar-refractivity contribution < 1.29 is 0 Å². The number of nitrogens with zero attached hydrogens (tertiary/aromatic N) is 3. The summed E-state index contributed by atoms with van der Waals surface area (Å²) < 4.78 is 0. The minimum Gasteiger partial charge on any atom is -0.353 e. The molecule has 0 aromatic carbocycles. The van der Waals surface area contributed by atoms with Gasteiger partial charge in [0.2, 0.25) is 0 Å². The number of piperidine rings is 1. The van der Waals surface area contributed by atoms with Gasteiger partial charge in [0.1, 0.15) is 17.5 Å². The zero-order chi connectivity index (χ0) is 14.1. The van der Waals surface area contributed by atoms with Crippen LogP contribution in [0.2, 0.25) is 0 Å². The number of hydrogen-bond donors (Lipinski definition) is 2. The van der Waals surface area contributed by atoms with Crippen molar-refractivity contribution in [2.24, 2.45) is 11.8 Å². The number of nitrogens with two attached hydrogens (primary N) is 1. The molecule has 1 saturated heterocycles. The van der Waals surface area contributed by atoms with Crippen LogP contribution in [0.3, 0.4) is 0 Å². The first-order valence-corrected chi connectivity index (χ1v) is 7.79. The van der Waals surface area contributed by atoms with Gasteiger partial charge in [0, 0.05) is 18.2 Å². The van der Waals surface area contributed by atoms with E-state index in [-0.39, 0.29) is 0 Å². The van der Waals surface area contributed by atoms with E-state index >= 15 is 0 Å². The Morgan fingerprint density at radius 3 is 2.65 bits per heavy atom. The Balaban J connectivity index is 1.96. The van der Waals surface area contributed by atoms with E-state index in [0.717, 1.165) is 35.5 Å². The third-order valence-electron chi connectivity index (χ3n) is 4.88. The summed E-state index contributed by atoms with van der Waals surface area (Å²) in [4.78, 5) is 11.6. The second-order valence-electron chi connectivity index (χ2n) is 6.16. The lowest BCUT2D eigenvalue weighted by Gasteiger charge is -2.45. The number of aryl methyl sites for hydroxylation is 1. The molecule has 0 bridgehead atoms. The zero-order valence-corrected chi connectivity index (χ0v) is 12.5. The second kappa shape index (κ2) is 5.56. The van der Waals surface area contributed by atoms with E-state index in [1.807, 2.05) is 6.92 Å². The molecular formula is C15H25N5. The first kappa shape index (κ1) is 13.6. The molecule has 2 heterocycles. The molecule has 20 heavy (non-hydrogen) atoms. The van der Waals surface area contributed by atoms with Crippen LogP contribution < -0.4 is 16.2 Å². The zero-order valence-electron chi connectivity index (χ0n) is 12.5. The minimum atomic E-state index is 0.663. The number of anilines is 2. The largest absolute Gasteiger partial charge is 0.353 e. The van der Waals surface area contributed by atoms with Crippen molar-refractivity contribution in [2.75, 3.05) is 16.9 Å². The molecule has 1 aliphatic carbocycles. The maximum Gasteiger partial charge on any atom is 0.148 e. The predicted octanol–water partition coefficient (Wildman–Crippen LogP) is 2.54. The lowest BCUT2D eigenvalue weighted by molar-refractivity contribution is 0.242. The molecule has 2 unspecified atom stereocenters. The monoisotopic (exact) mass is 275 g/mol. The quantitative estimate of drug-likeness (QED) is 0.641. The number of hydrogen-bond acceptors (Lipinski definition) is 5. The normalized spacial score (nSPS) is 26.2. The first-order chi connectivity index (χ1) is 9.70. The second-order valence-corrected chi connectivity index (χ2v) is 6.16. The number of aromatic nitrogens is 2. The fourth-order valence-corrected chi connectivity index (χ4v) is 3.92. The van der Waals surface area contributed by atoms with E-state index in [2.05, 4.69) is 22.2 Å². The van der Waals surface area contributed by atoms with Crippen LogP contribution >= 0.6 is 0 Å². The molecular weight excluding hydrogens is 250 g/mol. The topological polar surface area (TPSA) is 67.1 Å². The van der Waals surface area contributed by atoms with E-state index in [0.29, 0.717) is 6.04 Å². The molecule has 1 saturated carbocycles. The SMILES string of the molecule is Cc1nc(NN)c(C)c(N2CCCC3CCCCC32)n1. The van der Waals surface area contributed by atoms with Gasteiger partial charge in [-0.25, -0.2) is 15.8 Å².